The van der Waals surface area contributed by atoms with Gasteiger partial charge in [0.1, 0.15) is 12.4 Å². The summed E-state index contributed by atoms with van der Waals surface area (Å²) < 4.78 is 5.21. The van der Waals surface area contributed by atoms with Gasteiger partial charge in [-0.15, -0.1) is 0 Å². The molecule has 0 amide bonds. The highest BCUT2D eigenvalue weighted by Crippen LogP contribution is 2.16. The van der Waals surface area contributed by atoms with Crippen LogP contribution in [0.15, 0.2) is 24.3 Å². The molecule has 12 heavy (non-hydrogen) atoms. The Balaban J connectivity index is 2.60. The van der Waals surface area contributed by atoms with Gasteiger partial charge in [0.2, 0.25) is 0 Å². The van der Waals surface area contributed by atoms with E-state index in [1.54, 1.807) is 0 Å². The summed E-state index contributed by atoms with van der Waals surface area (Å²) in [5, 5.41) is 11.5. The molecule has 0 heterocycles. The van der Waals surface area contributed by atoms with Crippen molar-refractivity contribution in [2.75, 3.05) is 25.6 Å². The Hall–Kier alpha value is -1.22. The zero-order valence-corrected chi connectivity index (χ0v) is 7.08. The van der Waals surface area contributed by atoms with Crippen LogP contribution >= 0.6 is 0 Å². The molecular weight excluding hydrogens is 154 g/mol. The first-order chi connectivity index (χ1) is 5.86. The van der Waals surface area contributed by atoms with Crippen LogP contribution in [0.3, 0.4) is 0 Å². The molecule has 0 radical (unpaired) electrons. The van der Waals surface area contributed by atoms with E-state index in [2.05, 4.69) is 5.32 Å². The van der Waals surface area contributed by atoms with Crippen LogP contribution in [0.5, 0.6) is 5.75 Å². The molecule has 0 saturated carbocycles. The van der Waals surface area contributed by atoms with Gasteiger partial charge in [-0.3, -0.25) is 0 Å². The van der Waals surface area contributed by atoms with E-state index in [4.69, 9.17) is 9.84 Å². The van der Waals surface area contributed by atoms with Gasteiger partial charge in [-0.05, 0) is 12.1 Å². The fourth-order valence-corrected chi connectivity index (χ4v) is 0.905. The minimum atomic E-state index is 0.0454. The predicted octanol–water partition coefficient (Wildman–Crippen LogP) is 1.10. The van der Waals surface area contributed by atoms with Crippen LogP contribution in [0.2, 0.25) is 0 Å². The van der Waals surface area contributed by atoms with Crippen LogP contribution in [0, 0.1) is 0 Å². The summed E-state index contributed by atoms with van der Waals surface area (Å²) in [6.07, 6.45) is 0. The molecule has 0 fully saturated rings. The third-order valence-electron chi connectivity index (χ3n) is 1.48. The summed E-state index contributed by atoms with van der Waals surface area (Å²) in [6, 6.07) is 7.59. The lowest BCUT2D eigenvalue weighted by Crippen LogP contribution is -2.01. The Morgan fingerprint density at radius 3 is 3.00 bits per heavy atom. The highest BCUT2D eigenvalue weighted by molar-refractivity contribution is 5.47. The van der Waals surface area contributed by atoms with Crippen molar-refractivity contribution in [3.8, 4) is 5.75 Å². The van der Waals surface area contributed by atoms with Crippen molar-refractivity contribution < 1.29 is 9.84 Å². The first-order valence-electron chi connectivity index (χ1n) is 3.88. The predicted molar refractivity (Wildman–Crippen MR) is 48.6 cm³/mol. The first kappa shape index (κ1) is 8.87. The number of hydrogen-bond acceptors (Lipinski definition) is 3. The normalized spacial score (nSPS) is 9.50. The van der Waals surface area contributed by atoms with Crippen molar-refractivity contribution in [2.45, 2.75) is 0 Å². The van der Waals surface area contributed by atoms with Crippen molar-refractivity contribution in [1.29, 1.82) is 0 Å². The van der Waals surface area contributed by atoms with E-state index in [9.17, 15) is 0 Å². The molecule has 0 aliphatic heterocycles. The first-order valence-corrected chi connectivity index (χ1v) is 3.88. The molecule has 1 aromatic carbocycles. The Kier molecular flexibility index (Phi) is 3.41. The summed E-state index contributed by atoms with van der Waals surface area (Å²) in [6.45, 7) is 0.386. The minimum Gasteiger partial charge on any atom is -0.491 e. The maximum Gasteiger partial charge on any atom is 0.121 e. The highest BCUT2D eigenvalue weighted by atomic mass is 16.5. The van der Waals surface area contributed by atoms with Gasteiger partial charge in [0.05, 0.1) is 6.61 Å². The van der Waals surface area contributed by atoms with Crippen molar-refractivity contribution in [3.63, 3.8) is 0 Å². The lowest BCUT2D eigenvalue weighted by molar-refractivity contribution is 0.201. The van der Waals surface area contributed by atoms with Crippen LogP contribution in [0.4, 0.5) is 5.69 Å². The zero-order valence-electron chi connectivity index (χ0n) is 7.08. The molecule has 0 unspecified atom stereocenters. The Morgan fingerprint density at radius 1 is 1.50 bits per heavy atom. The number of benzene rings is 1. The van der Waals surface area contributed by atoms with Crippen molar-refractivity contribution in [1.82, 2.24) is 0 Å². The summed E-state index contributed by atoms with van der Waals surface area (Å²) in [5.74, 6) is 0.774. The molecule has 0 atom stereocenters. The Labute approximate surface area is 72.0 Å². The molecule has 3 nitrogen and oxygen atoms in total. The Morgan fingerprint density at radius 2 is 2.33 bits per heavy atom. The summed E-state index contributed by atoms with van der Waals surface area (Å²) in [4.78, 5) is 0. The van der Waals surface area contributed by atoms with E-state index in [-0.39, 0.29) is 6.61 Å². The van der Waals surface area contributed by atoms with Crippen molar-refractivity contribution in [3.05, 3.63) is 24.3 Å². The lowest BCUT2D eigenvalue weighted by Gasteiger charge is -2.05. The maximum atomic E-state index is 8.51. The van der Waals surface area contributed by atoms with Crippen molar-refractivity contribution in [2.24, 2.45) is 0 Å². The molecule has 66 valence electrons. The van der Waals surface area contributed by atoms with Gasteiger partial charge in [0.25, 0.3) is 0 Å². The van der Waals surface area contributed by atoms with E-state index >= 15 is 0 Å². The lowest BCUT2D eigenvalue weighted by atomic mass is 10.3. The van der Waals surface area contributed by atoms with Crippen LogP contribution in [-0.4, -0.2) is 25.4 Å². The molecule has 1 aromatic rings. The van der Waals surface area contributed by atoms with Crippen LogP contribution in [0.25, 0.3) is 0 Å². The second-order valence-corrected chi connectivity index (χ2v) is 2.35. The minimum absolute atomic E-state index is 0.0454. The molecule has 1 rings (SSSR count). The smallest absolute Gasteiger partial charge is 0.121 e. The van der Waals surface area contributed by atoms with Gasteiger partial charge < -0.3 is 15.2 Å². The summed E-state index contributed by atoms with van der Waals surface area (Å²) in [5.41, 5.74) is 1.01. The van der Waals surface area contributed by atoms with Gasteiger partial charge in [-0.1, -0.05) is 6.07 Å². The fraction of sp³-hybridized carbons (Fsp3) is 0.333. The maximum absolute atomic E-state index is 8.51. The van der Waals surface area contributed by atoms with E-state index < -0.39 is 0 Å². The molecule has 0 aliphatic carbocycles. The zero-order chi connectivity index (χ0) is 8.81. The average Bonchev–Trinajstić information content (AvgIpc) is 2.15. The molecule has 0 aromatic heterocycles. The van der Waals surface area contributed by atoms with E-state index in [1.165, 1.54) is 0 Å². The summed E-state index contributed by atoms with van der Waals surface area (Å²) in [7, 11) is 1.85. The molecule has 0 aliphatic rings. The van der Waals surface area contributed by atoms with E-state index in [0.717, 1.165) is 11.4 Å². The highest BCUT2D eigenvalue weighted by Gasteiger charge is 1.93. The van der Waals surface area contributed by atoms with Gasteiger partial charge in [-0.2, -0.15) is 0 Å². The van der Waals surface area contributed by atoms with Gasteiger partial charge in [-0.25, -0.2) is 0 Å². The largest absolute Gasteiger partial charge is 0.491 e. The molecule has 3 heteroatoms. The average molecular weight is 167 g/mol. The number of aliphatic hydroxyl groups is 1. The van der Waals surface area contributed by atoms with Gasteiger partial charge in [0, 0.05) is 18.8 Å². The van der Waals surface area contributed by atoms with Gasteiger partial charge in [0.15, 0.2) is 0 Å². The number of rotatable bonds is 4. The Bertz CT molecular complexity index is 238. The number of aliphatic hydroxyl groups excluding tert-OH is 1. The number of hydrogen-bond donors (Lipinski definition) is 2. The molecule has 0 saturated heterocycles. The van der Waals surface area contributed by atoms with Crippen molar-refractivity contribution >= 4 is 5.69 Å². The quantitative estimate of drug-likeness (QED) is 0.705. The van der Waals surface area contributed by atoms with Gasteiger partial charge >= 0.3 is 0 Å². The molecular formula is C9H13NO2. The second-order valence-electron chi connectivity index (χ2n) is 2.35. The van der Waals surface area contributed by atoms with Crippen LogP contribution in [0.1, 0.15) is 0 Å². The topological polar surface area (TPSA) is 41.5 Å². The molecule has 2 N–H and O–H groups in total. The van der Waals surface area contributed by atoms with Crippen LogP contribution in [-0.2, 0) is 0 Å². The molecule has 0 bridgehead atoms. The SMILES string of the molecule is CNc1cccc(OCCO)c1. The number of nitrogens with one attached hydrogen (secondary N) is 1. The number of ether oxygens (including phenoxy) is 1. The van der Waals surface area contributed by atoms with E-state index in [0.29, 0.717) is 6.61 Å². The standard InChI is InChI=1S/C9H13NO2/c1-10-8-3-2-4-9(7-8)12-6-5-11/h2-4,7,10-11H,5-6H2,1H3. The van der Waals surface area contributed by atoms with E-state index in [1.807, 2.05) is 31.3 Å². The second kappa shape index (κ2) is 4.62. The third-order valence-corrected chi connectivity index (χ3v) is 1.48. The molecule has 0 spiro atoms. The number of anilines is 1. The van der Waals surface area contributed by atoms with Crippen LogP contribution < -0.4 is 10.1 Å². The fourth-order valence-electron chi connectivity index (χ4n) is 0.905. The monoisotopic (exact) mass is 167 g/mol. The third kappa shape index (κ3) is 2.43. The summed E-state index contributed by atoms with van der Waals surface area (Å²) >= 11 is 0.